The first-order valence-corrected chi connectivity index (χ1v) is 5.87. The van der Waals surface area contributed by atoms with E-state index in [1.165, 1.54) is 38.6 Å². The highest BCUT2D eigenvalue weighted by Crippen LogP contribution is 2.20. The standard InChI is InChI=1S/C12H27N/c1-5-11(2)12(3)9-7-6-8-10-13-4/h11-13H,5-10H2,1-4H3/t11-,12?/m1/s1. The lowest BCUT2D eigenvalue weighted by atomic mass is 9.89. The number of nitrogens with one attached hydrogen (secondary N) is 1. The largest absolute Gasteiger partial charge is 0.320 e. The maximum atomic E-state index is 3.19. The van der Waals surface area contributed by atoms with Crippen molar-refractivity contribution in [1.29, 1.82) is 0 Å². The van der Waals surface area contributed by atoms with Gasteiger partial charge in [-0.25, -0.2) is 0 Å². The van der Waals surface area contributed by atoms with Gasteiger partial charge < -0.3 is 5.32 Å². The first-order valence-electron chi connectivity index (χ1n) is 5.87. The zero-order valence-corrected chi connectivity index (χ0v) is 9.90. The molecule has 2 atom stereocenters. The van der Waals surface area contributed by atoms with Crippen molar-refractivity contribution >= 4 is 0 Å². The summed E-state index contributed by atoms with van der Waals surface area (Å²) in [6, 6.07) is 0. The lowest BCUT2D eigenvalue weighted by Gasteiger charge is -2.17. The normalized spacial score (nSPS) is 15.7. The zero-order chi connectivity index (χ0) is 10.1. The van der Waals surface area contributed by atoms with Crippen LogP contribution in [0, 0.1) is 11.8 Å². The molecule has 0 saturated carbocycles. The van der Waals surface area contributed by atoms with Crippen molar-refractivity contribution in [2.24, 2.45) is 11.8 Å². The summed E-state index contributed by atoms with van der Waals surface area (Å²) in [7, 11) is 2.03. The van der Waals surface area contributed by atoms with Gasteiger partial charge >= 0.3 is 0 Å². The molecule has 0 amide bonds. The Kier molecular flexibility index (Phi) is 8.53. The maximum Gasteiger partial charge on any atom is -0.00519 e. The third-order valence-corrected chi connectivity index (χ3v) is 3.20. The second kappa shape index (κ2) is 8.55. The molecule has 0 heterocycles. The van der Waals surface area contributed by atoms with Gasteiger partial charge in [0.15, 0.2) is 0 Å². The van der Waals surface area contributed by atoms with Gasteiger partial charge in [0.25, 0.3) is 0 Å². The molecule has 80 valence electrons. The van der Waals surface area contributed by atoms with Crippen molar-refractivity contribution in [3.8, 4) is 0 Å². The predicted molar refractivity (Wildman–Crippen MR) is 61.0 cm³/mol. The number of rotatable bonds is 8. The smallest absolute Gasteiger partial charge is 0.00519 e. The van der Waals surface area contributed by atoms with Crippen LogP contribution in [0.1, 0.15) is 52.9 Å². The molecule has 0 aliphatic heterocycles. The molecule has 0 aromatic heterocycles. The predicted octanol–water partition coefficient (Wildman–Crippen LogP) is 3.45. The van der Waals surface area contributed by atoms with Gasteiger partial charge in [0.1, 0.15) is 0 Å². The Morgan fingerprint density at radius 2 is 1.69 bits per heavy atom. The molecule has 0 aromatic rings. The summed E-state index contributed by atoms with van der Waals surface area (Å²) in [5, 5.41) is 3.19. The Morgan fingerprint density at radius 3 is 2.23 bits per heavy atom. The second-order valence-corrected chi connectivity index (χ2v) is 4.32. The van der Waals surface area contributed by atoms with Crippen molar-refractivity contribution in [1.82, 2.24) is 5.32 Å². The zero-order valence-electron chi connectivity index (χ0n) is 9.90. The third kappa shape index (κ3) is 7.06. The summed E-state index contributed by atoms with van der Waals surface area (Å²) >= 11 is 0. The molecule has 1 heteroatoms. The van der Waals surface area contributed by atoms with E-state index >= 15 is 0 Å². The minimum Gasteiger partial charge on any atom is -0.320 e. The Labute approximate surface area is 84.3 Å². The molecular weight excluding hydrogens is 158 g/mol. The molecule has 13 heavy (non-hydrogen) atoms. The quantitative estimate of drug-likeness (QED) is 0.571. The van der Waals surface area contributed by atoms with E-state index in [1.807, 2.05) is 7.05 Å². The summed E-state index contributed by atoms with van der Waals surface area (Å²) in [4.78, 5) is 0. The molecule has 0 radical (unpaired) electrons. The molecule has 0 rings (SSSR count). The van der Waals surface area contributed by atoms with Crippen molar-refractivity contribution < 1.29 is 0 Å². The molecule has 1 unspecified atom stereocenters. The lowest BCUT2D eigenvalue weighted by Crippen LogP contribution is -2.09. The fourth-order valence-corrected chi connectivity index (χ4v) is 1.63. The van der Waals surface area contributed by atoms with Crippen LogP contribution in [0.3, 0.4) is 0 Å². The van der Waals surface area contributed by atoms with Crippen LogP contribution in [0.5, 0.6) is 0 Å². The van der Waals surface area contributed by atoms with Crippen LogP contribution in [-0.2, 0) is 0 Å². The summed E-state index contributed by atoms with van der Waals surface area (Å²) in [6.45, 7) is 8.24. The van der Waals surface area contributed by atoms with E-state index < -0.39 is 0 Å². The summed E-state index contributed by atoms with van der Waals surface area (Å²) in [6.07, 6.45) is 6.88. The van der Waals surface area contributed by atoms with Gasteiger partial charge in [-0.15, -0.1) is 0 Å². The van der Waals surface area contributed by atoms with Crippen LogP contribution >= 0.6 is 0 Å². The Bertz CT molecular complexity index is 101. The van der Waals surface area contributed by atoms with Crippen molar-refractivity contribution in [2.75, 3.05) is 13.6 Å². The number of hydrogen-bond donors (Lipinski definition) is 1. The fourth-order valence-electron chi connectivity index (χ4n) is 1.63. The first kappa shape index (κ1) is 13.0. The average Bonchev–Trinajstić information content (AvgIpc) is 2.16. The highest BCUT2D eigenvalue weighted by molar-refractivity contribution is 4.60. The van der Waals surface area contributed by atoms with E-state index in [4.69, 9.17) is 0 Å². The minimum atomic E-state index is 0.907. The van der Waals surface area contributed by atoms with Crippen LogP contribution < -0.4 is 5.32 Å². The highest BCUT2D eigenvalue weighted by Gasteiger charge is 2.08. The summed E-state index contributed by atoms with van der Waals surface area (Å²) < 4.78 is 0. The molecule has 0 aromatic carbocycles. The molecule has 0 aliphatic rings. The average molecular weight is 185 g/mol. The summed E-state index contributed by atoms with van der Waals surface area (Å²) in [5.41, 5.74) is 0. The SMILES string of the molecule is CC[C@@H](C)C(C)CCCCCNC. The Balaban J connectivity index is 3.21. The molecule has 0 saturated heterocycles. The number of unbranched alkanes of at least 4 members (excludes halogenated alkanes) is 2. The molecule has 1 nitrogen and oxygen atoms in total. The van der Waals surface area contributed by atoms with Crippen LogP contribution in [-0.4, -0.2) is 13.6 Å². The van der Waals surface area contributed by atoms with Crippen LogP contribution in [0.15, 0.2) is 0 Å². The van der Waals surface area contributed by atoms with Gasteiger partial charge in [0.05, 0.1) is 0 Å². The van der Waals surface area contributed by atoms with Gasteiger partial charge in [0.2, 0.25) is 0 Å². The van der Waals surface area contributed by atoms with Gasteiger partial charge in [-0.05, 0) is 31.8 Å². The second-order valence-electron chi connectivity index (χ2n) is 4.32. The monoisotopic (exact) mass is 185 g/mol. The van der Waals surface area contributed by atoms with E-state index in [2.05, 4.69) is 26.1 Å². The Hall–Kier alpha value is -0.0400. The first-order chi connectivity index (χ1) is 6.22. The lowest BCUT2D eigenvalue weighted by molar-refractivity contribution is 0.343. The van der Waals surface area contributed by atoms with Crippen molar-refractivity contribution in [2.45, 2.75) is 52.9 Å². The van der Waals surface area contributed by atoms with E-state index in [-0.39, 0.29) is 0 Å². The van der Waals surface area contributed by atoms with Crippen LogP contribution in [0.25, 0.3) is 0 Å². The van der Waals surface area contributed by atoms with Crippen LogP contribution in [0.4, 0.5) is 0 Å². The van der Waals surface area contributed by atoms with E-state index in [1.54, 1.807) is 0 Å². The van der Waals surface area contributed by atoms with E-state index in [9.17, 15) is 0 Å². The van der Waals surface area contributed by atoms with Crippen molar-refractivity contribution in [3.05, 3.63) is 0 Å². The van der Waals surface area contributed by atoms with Gasteiger partial charge in [0, 0.05) is 0 Å². The summed E-state index contributed by atoms with van der Waals surface area (Å²) in [5.74, 6) is 1.82. The molecule has 0 bridgehead atoms. The molecule has 0 fully saturated rings. The topological polar surface area (TPSA) is 12.0 Å². The molecule has 0 spiro atoms. The Morgan fingerprint density at radius 1 is 1.00 bits per heavy atom. The van der Waals surface area contributed by atoms with Gasteiger partial charge in [-0.2, -0.15) is 0 Å². The minimum absolute atomic E-state index is 0.907. The maximum absolute atomic E-state index is 3.19. The molecule has 1 N–H and O–H groups in total. The highest BCUT2D eigenvalue weighted by atomic mass is 14.8. The van der Waals surface area contributed by atoms with Gasteiger partial charge in [-0.3, -0.25) is 0 Å². The van der Waals surface area contributed by atoms with Gasteiger partial charge in [-0.1, -0.05) is 46.5 Å². The molecule has 0 aliphatic carbocycles. The van der Waals surface area contributed by atoms with Crippen LogP contribution in [0.2, 0.25) is 0 Å². The third-order valence-electron chi connectivity index (χ3n) is 3.20. The fraction of sp³-hybridized carbons (Fsp3) is 1.00. The van der Waals surface area contributed by atoms with E-state index in [0.717, 1.165) is 11.8 Å². The van der Waals surface area contributed by atoms with Crippen molar-refractivity contribution in [3.63, 3.8) is 0 Å². The number of hydrogen-bond acceptors (Lipinski definition) is 1. The molecular formula is C12H27N. The van der Waals surface area contributed by atoms with E-state index in [0.29, 0.717) is 0 Å².